The maximum atomic E-state index is 12.2. The molecule has 0 spiro atoms. The third-order valence-corrected chi connectivity index (χ3v) is 4.03. The van der Waals surface area contributed by atoms with E-state index in [0.717, 1.165) is 32.9 Å². The summed E-state index contributed by atoms with van der Waals surface area (Å²) in [5, 5.41) is 2.74. The topological polar surface area (TPSA) is 131 Å². The first kappa shape index (κ1) is 21.6. The second-order valence-corrected chi connectivity index (χ2v) is 6.52. The van der Waals surface area contributed by atoms with E-state index >= 15 is 0 Å². The molecule has 10 heteroatoms. The first-order valence-corrected chi connectivity index (χ1v) is 8.72. The van der Waals surface area contributed by atoms with Gasteiger partial charge in [0.1, 0.15) is 6.54 Å². The minimum Gasteiger partial charge on any atom is -0.454 e. The lowest BCUT2D eigenvalue weighted by molar-refractivity contribution is -0.152. The highest BCUT2D eigenvalue weighted by Crippen LogP contribution is 2.16. The van der Waals surface area contributed by atoms with E-state index < -0.39 is 36.3 Å². The molecule has 29 heavy (non-hydrogen) atoms. The molecule has 0 aliphatic carbocycles. The number of carbonyl (C=O) groups excluding carboxylic acids is 3. The van der Waals surface area contributed by atoms with Gasteiger partial charge in [0, 0.05) is 25.0 Å². The largest absolute Gasteiger partial charge is 0.454 e. The number of ether oxygens (including phenoxy) is 1. The van der Waals surface area contributed by atoms with E-state index in [1.165, 1.54) is 7.05 Å². The zero-order valence-corrected chi connectivity index (χ0v) is 16.4. The molecule has 0 fully saturated rings. The van der Waals surface area contributed by atoms with Gasteiger partial charge in [0.25, 0.3) is 11.5 Å². The van der Waals surface area contributed by atoms with Crippen LogP contribution in [0.25, 0.3) is 0 Å². The van der Waals surface area contributed by atoms with Gasteiger partial charge in [-0.05, 0) is 31.0 Å². The van der Waals surface area contributed by atoms with E-state index in [2.05, 4.69) is 5.32 Å². The van der Waals surface area contributed by atoms with Gasteiger partial charge in [0.05, 0.1) is 6.54 Å². The fraction of sp³-hybridized carbons (Fsp3) is 0.316. The van der Waals surface area contributed by atoms with Crippen molar-refractivity contribution in [3.63, 3.8) is 0 Å². The molecule has 0 aliphatic rings. The molecule has 0 atom stereocenters. The molecule has 10 nitrogen and oxygen atoms in total. The van der Waals surface area contributed by atoms with Crippen molar-refractivity contribution in [2.75, 3.05) is 25.5 Å². The minimum absolute atomic E-state index is 0.219. The zero-order valence-electron chi connectivity index (χ0n) is 16.4. The molecule has 2 aromatic rings. The summed E-state index contributed by atoms with van der Waals surface area (Å²) >= 11 is 0. The Hall–Kier alpha value is -3.69. The number of likely N-dealkylation sites (N-methyl/N-ethyl adjacent to an activating group) is 1. The number of aryl methyl sites for hydroxylation is 2. The first-order valence-electron chi connectivity index (χ1n) is 8.72. The average molecular weight is 402 g/mol. The van der Waals surface area contributed by atoms with Gasteiger partial charge in [-0.2, -0.15) is 0 Å². The standard InChI is InChI=1S/C19H22N4O6/c1-12-4-5-13(2)14(8-12)20-16(25)9-22(3)17(26)11-29-18(27)10-23-7-6-15(24)21-19(23)28/h4-8H,9-11H2,1-3H3,(H,20,25)(H,21,24,28). The Morgan fingerprint density at radius 1 is 1.17 bits per heavy atom. The number of nitrogens with zero attached hydrogens (tertiary/aromatic N) is 2. The van der Waals surface area contributed by atoms with Gasteiger partial charge in [0.2, 0.25) is 5.91 Å². The van der Waals surface area contributed by atoms with Gasteiger partial charge in [-0.15, -0.1) is 0 Å². The van der Waals surface area contributed by atoms with Crippen molar-refractivity contribution >= 4 is 23.5 Å². The Bertz CT molecular complexity index is 1040. The summed E-state index contributed by atoms with van der Waals surface area (Å²) in [5.74, 6) is -1.80. The molecule has 154 valence electrons. The monoisotopic (exact) mass is 402 g/mol. The molecule has 1 heterocycles. The van der Waals surface area contributed by atoms with Crippen molar-refractivity contribution in [2.24, 2.45) is 0 Å². The third kappa shape index (κ3) is 6.45. The summed E-state index contributed by atoms with van der Waals surface area (Å²) < 4.78 is 5.78. The lowest BCUT2D eigenvalue weighted by Crippen LogP contribution is -2.38. The number of aromatic nitrogens is 2. The van der Waals surface area contributed by atoms with E-state index in [0.29, 0.717) is 5.69 Å². The summed E-state index contributed by atoms with van der Waals surface area (Å²) in [6, 6.07) is 6.72. The molecule has 1 aromatic heterocycles. The van der Waals surface area contributed by atoms with Crippen LogP contribution >= 0.6 is 0 Å². The summed E-state index contributed by atoms with van der Waals surface area (Å²) in [6.07, 6.45) is 1.15. The summed E-state index contributed by atoms with van der Waals surface area (Å²) in [4.78, 5) is 61.6. The van der Waals surface area contributed by atoms with Crippen LogP contribution in [0.15, 0.2) is 40.1 Å². The van der Waals surface area contributed by atoms with Gasteiger partial charge in [0.15, 0.2) is 6.61 Å². The number of anilines is 1. The van der Waals surface area contributed by atoms with Crippen molar-refractivity contribution in [1.82, 2.24) is 14.5 Å². The second-order valence-electron chi connectivity index (χ2n) is 6.52. The zero-order chi connectivity index (χ0) is 21.6. The Labute approximate surface area is 166 Å². The van der Waals surface area contributed by atoms with Crippen LogP contribution in [0.2, 0.25) is 0 Å². The number of benzene rings is 1. The Morgan fingerprint density at radius 2 is 1.90 bits per heavy atom. The molecule has 0 bridgehead atoms. The fourth-order valence-corrected chi connectivity index (χ4v) is 2.37. The molecular weight excluding hydrogens is 380 g/mol. The highest BCUT2D eigenvalue weighted by molar-refractivity contribution is 5.95. The van der Waals surface area contributed by atoms with Gasteiger partial charge < -0.3 is 15.0 Å². The number of rotatable bonds is 7. The van der Waals surface area contributed by atoms with Gasteiger partial charge in [-0.25, -0.2) is 4.79 Å². The number of esters is 1. The maximum absolute atomic E-state index is 12.2. The van der Waals surface area contributed by atoms with Crippen LogP contribution in [0.1, 0.15) is 11.1 Å². The minimum atomic E-state index is -0.833. The van der Waals surface area contributed by atoms with Crippen molar-refractivity contribution in [1.29, 1.82) is 0 Å². The lowest BCUT2D eigenvalue weighted by atomic mass is 10.1. The predicted octanol–water partition coefficient (Wildman–Crippen LogP) is -0.206. The second kappa shape index (κ2) is 9.49. The molecule has 0 radical (unpaired) electrons. The van der Waals surface area contributed by atoms with Crippen molar-refractivity contribution in [2.45, 2.75) is 20.4 Å². The van der Waals surface area contributed by atoms with Gasteiger partial charge >= 0.3 is 11.7 Å². The molecular formula is C19H22N4O6. The highest BCUT2D eigenvalue weighted by atomic mass is 16.5. The van der Waals surface area contributed by atoms with E-state index in [9.17, 15) is 24.0 Å². The Kier molecular flexibility index (Phi) is 7.07. The molecule has 0 aliphatic heterocycles. The average Bonchev–Trinajstić information content (AvgIpc) is 2.65. The highest BCUT2D eigenvalue weighted by Gasteiger charge is 2.16. The van der Waals surface area contributed by atoms with Crippen LogP contribution in [-0.2, 0) is 25.7 Å². The SMILES string of the molecule is Cc1ccc(C)c(NC(=O)CN(C)C(=O)COC(=O)Cn2ccc(=O)[nH]c2=O)c1. The van der Waals surface area contributed by atoms with Crippen LogP contribution in [0.3, 0.4) is 0 Å². The molecule has 0 unspecified atom stereocenters. The normalized spacial score (nSPS) is 10.3. The quantitative estimate of drug-likeness (QED) is 0.617. The van der Waals surface area contributed by atoms with E-state index in [-0.39, 0.29) is 12.5 Å². The first-order chi connectivity index (χ1) is 13.7. The Balaban J connectivity index is 1.82. The number of amides is 2. The van der Waals surface area contributed by atoms with Crippen LogP contribution in [0.4, 0.5) is 5.69 Å². The molecule has 2 N–H and O–H groups in total. The number of H-pyrrole nitrogens is 1. The van der Waals surface area contributed by atoms with Crippen LogP contribution in [0.5, 0.6) is 0 Å². The summed E-state index contributed by atoms with van der Waals surface area (Å²) in [7, 11) is 1.41. The number of hydrogen-bond donors (Lipinski definition) is 2. The number of hydrogen-bond acceptors (Lipinski definition) is 6. The lowest BCUT2D eigenvalue weighted by Gasteiger charge is -2.17. The van der Waals surface area contributed by atoms with Crippen molar-refractivity contribution in [3.05, 3.63) is 62.4 Å². The smallest absolute Gasteiger partial charge is 0.328 e. The number of aromatic amines is 1. The molecule has 2 amide bonds. The van der Waals surface area contributed by atoms with Crippen LogP contribution in [0, 0.1) is 13.8 Å². The third-order valence-electron chi connectivity index (χ3n) is 4.03. The van der Waals surface area contributed by atoms with Crippen LogP contribution in [-0.4, -0.2) is 52.4 Å². The number of nitrogens with one attached hydrogen (secondary N) is 2. The number of carbonyl (C=O) groups is 3. The Morgan fingerprint density at radius 3 is 2.59 bits per heavy atom. The van der Waals surface area contributed by atoms with Gasteiger partial charge in [-0.1, -0.05) is 12.1 Å². The molecule has 2 rings (SSSR count). The van der Waals surface area contributed by atoms with E-state index in [4.69, 9.17) is 4.74 Å². The predicted molar refractivity (Wildman–Crippen MR) is 104 cm³/mol. The summed E-state index contributed by atoms with van der Waals surface area (Å²) in [6.45, 7) is 2.50. The van der Waals surface area contributed by atoms with E-state index in [1.54, 1.807) is 0 Å². The summed E-state index contributed by atoms with van der Waals surface area (Å²) in [5.41, 5.74) is 1.19. The van der Waals surface area contributed by atoms with Gasteiger partial charge in [-0.3, -0.25) is 28.7 Å². The van der Waals surface area contributed by atoms with Crippen molar-refractivity contribution < 1.29 is 19.1 Å². The maximum Gasteiger partial charge on any atom is 0.328 e. The van der Waals surface area contributed by atoms with E-state index in [1.807, 2.05) is 37.0 Å². The molecule has 0 saturated heterocycles. The molecule has 0 saturated carbocycles. The molecule has 1 aromatic carbocycles. The van der Waals surface area contributed by atoms with Crippen molar-refractivity contribution in [3.8, 4) is 0 Å². The fourth-order valence-electron chi connectivity index (χ4n) is 2.37. The van der Waals surface area contributed by atoms with Crippen LogP contribution < -0.4 is 16.6 Å².